The van der Waals surface area contributed by atoms with Crippen LogP contribution in [-0.2, 0) is 4.79 Å². The van der Waals surface area contributed by atoms with Crippen molar-refractivity contribution in [2.75, 3.05) is 0 Å². The molecule has 0 aliphatic rings. The van der Waals surface area contributed by atoms with E-state index >= 15 is 0 Å². The summed E-state index contributed by atoms with van der Waals surface area (Å²) in [6, 6.07) is 0. The van der Waals surface area contributed by atoms with Gasteiger partial charge in [-0.25, -0.2) is 4.79 Å². The number of carboxylic acids is 1. The van der Waals surface area contributed by atoms with Crippen molar-refractivity contribution in [3.8, 4) is 0 Å². The number of rotatable bonds is 24. The Bertz CT molecular complexity index is 399. The van der Waals surface area contributed by atoms with E-state index in [1.54, 1.807) is 0 Å². The van der Waals surface area contributed by atoms with E-state index in [0.717, 1.165) is 32.1 Å². The predicted octanol–water partition coefficient (Wildman–Crippen LogP) is 7.79. The van der Waals surface area contributed by atoms with Crippen LogP contribution in [0.3, 0.4) is 0 Å². The summed E-state index contributed by atoms with van der Waals surface area (Å²) in [5.41, 5.74) is -1.99. The molecule has 2 atom stereocenters. The molecule has 0 rings (SSSR count). The Morgan fingerprint density at radius 1 is 0.613 bits per heavy atom. The summed E-state index contributed by atoms with van der Waals surface area (Å²) in [7, 11) is 0. The lowest BCUT2D eigenvalue weighted by atomic mass is 9.87. The molecule has 0 radical (unpaired) electrons. The number of aliphatic hydroxyl groups is 2. The third-order valence-corrected chi connectivity index (χ3v) is 6.66. The summed E-state index contributed by atoms with van der Waals surface area (Å²) < 4.78 is 0. The van der Waals surface area contributed by atoms with E-state index in [0.29, 0.717) is 12.8 Å². The molecule has 186 valence electrons. The fourth-order valence-corrected chi connectivity index (χ4v) is 4.36. The van der Waals surface area contributed by atoms with Crippen LogP contribution in [0.4, 0.5) is 0 Å². The maximum atomic E-state index is 11.6. The SMILES string of the molecule is CCCCCCCCCCCCC(O)C(O)(CCCCCCCCCCCC)C(=O)O. The molecule has 0 heterocycles. The van der Waals surface area contributed by atoms with Gasteiger partial charge in [0.25, 0.3) is 0 Å². The van der Waals surface area contributed by atoms with Gasteiger partial charge in [-0.3, -0.25) is 0 Å². The van der Waals surface area contributed by atoms with Crippen LogP contribution < -0.4 is 0 Å². The topological polar surface area (TPSA) is 77.8 Å². The van der Waals surface area contributed by atoms with E-state index in [4.69, 9.17) is 0 Å². The van der Waals surface area contributed by atoms with Gasteiger partial charge in [-0.15, -0.1) is 0 Å². The van der Waals surface area contributed by atoms with Gasteiger partial charge in [0.1, 0.15) is 0 Å². The minimum absolute atomic E-state index is 0.151. The van der Waals surface area contributed by atoms with Crippen LogP contribution in [0, 0.1) is 0 Å². The smallest absolute Gasteiger partial charge is 0.338 e. The van der Waals surface area contributed by atoms with E-state index in [-0.39, 0.29) is 6.42 Å². The largest absolute Gasteiger partial charge is 0.479 e. The molecule has 3 N–H and O–H groups in total. The molecular formula is C27H54O4. The highest BCUT2D eigenvalue weighted by atomic mass is 16.4. The van der Waals surface area contributed by atoms with Crippen molar-refractivity contribution in [2.24, 2.45) is 0 Å². The normalized spacial score (nSPS) is 14.5. The molecule has 2 unspecified atom stereocenters. The summed E-state index contributed by atoms with van der Waals surface area (Å²) >= 11 is 0. The van der Waals surface area contributed by atoms with Crippen LogP contribution >= 0.6 is 0 Å². The molecule has 0 spiro atoms. The molecule has 4 nitrogen and oxygen atoms in total. The van der Waals surface area contributed by atoms with Crippen LogP contribution in [0.15, 0.2) is 0 Å². The van der Waals surface area contributed by atoms with Crippen LogP contribution in [-0.4, -0.2) is 33.0 Å². The number of hydrogen-bond donors (Lipinski definition) is 3. The molecule has 0 amide bonds. The summed E-state index contributed by atoms with van der Waals surface area (Å²) in [4.78, 5) is 11.6. The van der Waals surface area contributed by atoms with E-state index < -0.39 is 17.7 Å². The highest BCUT2D eigenvalue weighted by molar-refractivity contribution is 5.77. The number of aliphatic carboxylic acids is 1. The second-order valence-corrected chi connectivity index (χ2v) is 9.65. The van der Waals surface area contributed by atoms with E-state index in [9.17, 15) is 20.1 Å². The Morgan fingerprint density at radius 2 is 0.935 bits per heavy atom. The molecular weight excluding hydrogens is 388 g/mol. The van der Waals surface area contributed by atoms with Crippen LogP contribution in [0.2, 0.25) is 0 Å². The van der Waals surface area contributed by atoms with Crippen LogP contribution in [0.25, 0.3) is 0 Å². The fraction of sp³-hybridized carbons (Fsp3) is 0.963. The molecule has 0 saturated carbocycles. The lowest BCUT2D eigenvalue weighted by Crippen LogP contribution is -2.49. The van der Waals surface area contributed by atoms with Crippen molar-refractivity contribution >= 4 is 5.97 Å². The minimum Gasteiger partial charge on any atom is -0.479 e. The molecule has 0 saturated heterocycles. The molecule has 0 aromatic rings. The van der Waals surface area contributed by atoms with Gasteiger partial charge in [-0.2, -0.15) is 0 Å². The average Bonchev–Trinajstić information content (AvgIpc) is 2.75. The van der Waals surface area contributed by atoms with E-state index in [1.807, 2.05) is 0 Å². The minimum atomic E-state index is -1.99. The monoisotopic (exact) mass is 442 g/mol. The fourth-order valence-electron chi connectivity index (χ4n) is 4.36. The van der Waals surface area contributed by atoms with Gasteiger partial charge in [0.05, 0.1) is 6.10 Å². The lowest BCUT2D eigenvalue weighted by molar-refractivity contribution is -0.173. The Balaban J connectivity index is 3.83. The first kappa shape index (κ1) is 30.4. The first-order valence-corrected chi connectivity index (χ1v) is 13.6. The molecule has 0 aliphatic heterocycles. The van der Waals surface area contributed by atoms with E-state index in [2.05, 4.69) is 13.8 Å². The van der Waals surface area contributed by atoms with Crippen molar-refractivity contribution in [3.63, 3.8) is 0 Å². The number of carbonyl (C=O) groups is 1. The zero-order chi connectivity index (χ0) is 23.2. The standard InChI is InChI=1S/C27H54O4/c1-3-5-7-9-11-13-15-17-19-21-23-25(28)27(31,26(29)30)24-22-20-18-16-14-12-10-8-6-4-2/h25,28,31H,3-24H2,1-2H3,(H,29,30). The highest BCUT2D eigenvalue weighted by Crippen LogP contribution is 2.25. The van der Waals surface area contributed by atoms with Crippen LogP contribution in [0.1, 0.15) is 155 Å². The second kappa shape index (κ2) is 21.2. The molecule has 0 fully saturated rings. The van der Waals surface area contributed by atoms with Gasteiger partial charge in [0.2, 0.25) is 0 Å². The zero-order valence-electron chi connectivity index (χ0n) is 20.9. The Hall–Kier alpha value is -0.610. The van der Waals surface area contributed by atoms with Gasteiger partial charge in [0.15, 0.2) is 5.60 Å². The Kier molecular flexibility index (Phi) is 20.8. The number of carboxylic acid groups (broad SMARTS) is 1. The van der Waals surface area contributed by atoms with Gasteiger partial charge < -0.3 is 15.3 Å². The summed E-state index contributed by atoms with van der Waals surface area (Å²) in [5.74, 6) is -1.27. The van der Waals surface area contributed by atoms with Crippen LogP contribution in [0.5, 0.6) is 0 Å². The van der Waals surface area contributed by atoms with E-state index in [1.165, 1.54) is 89.9 Å². The van der Waals surface area contributed by atoms with Crippen molar-refractivity contribution < 1.29 is 20.1 Å². The molecule has 0 aliphatic carbocycles. The number of unbranched alkanes of at least 4 members (excludes halogenated alkanes) is 18. The highest BCUT2D eigenvalue weighted by Gasteiger charge is 2.42. The second-order valence-electron chi connectivity index (χ2n) is 9.65. The first-order chi connectivity index (χ1) is 15.0. The Morgan fingerprint density at radius 3 is 1.29 bits per heavy atom. The third kappa shape index (κ3) is 16.7. The molecule has 31 heavy (non-hydrogen) atoms. The first-order valence-electron chi connectivity index (χ1n) is 13.6. The quantitative estimate of drug-likeness (QED) is 0.133. The third-order valence-electron chi connectivity index (χ3n) is 6.66. The molecule has 4 heteroatoms. The predicted molar refractivity (Wildman–Crippen MR) is 132 cm³/mol. The van der Waals surface area contributed by atoms with Crippen molar-refractivity contribution in [1.82, 2.24) is 0 Å². The van der Waals surface area contributed by atoms with Gasteiger partial charge >= 0.3 is 5.97 Å². The van der Waals surface area contributed by atoms with Gasteiger partial charge in [-0.05, 0) is 19.3 Å². The zero-order valence-corrected chi connectivity index (χ0v) is 20.9. The van der Waals surface area contributed by atoms with Crippen molar-refractivity contribution in [3.05, 3.63) is 0 Å². The lowest BCUT2D eigenvalue weighted by Gasteiger charge is -2.29. The summed E-state index contributed by atoms with van der Waals surface area (Å²) in [6.07, 6.45) is 23.0. The average molecular weight is 443 g/mol. The molecule has 0 aromatic heterocycles. The maximum absolute atomic E-state index is 11.6. The molecule has 0 bridgehead atoms. The molecule has 0 aromatic carbocycles. The van der Waals surface area contributed by atoms with Crippen molar-refractivity contribution in [1.29, 1.82) is 0 Å². The number of aliphatic hydroxyl groups excluding tert-OH is 1. The van der Waals surface area contributed by atoms with Crippen molar-refractivity contribution in [2.45, 2.75) is 167 Å². The van der Waals surface area contributed by atoms with Gasteiger partial charge in [-0.1, -0.05) is 136 Å². The summed E-state index contributed by atoms with van der Waals surface area (Å²) in [5, 5.41) is 30.4. The van der Waals surface area contributed by atoms with Gasteiger partial charge in [0, 0.05) is 0 Å². The number of hydrogen-bond acceptors (Lipinski definition) is 3. The Labute approximate surface area is 193 Å². The summed E-state index contributed by atoms with van der Waals surface area (Å²) in [6.45, 7) is 4.46. The maximum Gasteiger partial charge on any atom is 0.338 e.